The van der Waals surface area contributed by atoms with Crippen LogP contribution in [0, 0.1) is 0 Å². The van der Waals surface area contributed by atoms with Crippen molar-refractivity contribution < 1.29 is 19.7 Å². The van der Waals surface area contributed by atoms with Crippen molar-refractivity contribution in [1.82, 2.24) is 9.80 Å². The second-order valence-electron chi connectivity index (χ2n) is 4.15. The molecule has 3 atom stereocenters. The SMILES string of the molecule is CC1=CN([C@H]2C=C[C@@H](CO)O2)C(O)N(C)C1=O. The molecule has 2 N–H and O–H groups in total. The second-order valence-corrected chi connectivity index (χ2v) is 4.15. The highest BCUT2D eigenvalue weighted by Crippen LogP contribution is 2.23. The standard InChI is InChI=1S/C11H16N2O4/c1-7-5-13(11(16)12(2)10(7)15)9-4-3-8(6-14)17-9/h3-5,8-9,11,14,16H,6H2,1-2H3/t8-,9+,11?/m0/s1. The molecule has 1 amide bonds. The van der Waals surface area contributed by atoms with Crippen molar-refractivity contribution >= 4 is 5.91 Å². The summed E-state index contributed by atoms with van der Waals surface area (Å²) in [5.74, 6) is -0.213. The summed E-state index contributed by atoms with van der Waals surface area (Å²) < 4.78 is 5.47. The molecule has 2 aliphatic rings. The third kappa shape index (κ3) is 2.06. The number of carbonyl (C=O) groups excluding carboxylic acids is 1. The third-order valence-electron chi connectivity index (χ3n) is 2.89. The van der Waals surface area contributed by atoms with Gasteiger partial charge in [0.2, 0.25) is 6.35 Å². The van der Waals surface area contributed by atoms with E-state index in [1.807, 2.05) is 0 Å². The molecule has 0 saturated heterocycles. The van der Waals surface area contributed by atoms with Gasteiger partial charge in [0.15, 0.2) is 6.23 Å². The zero-order chi connectivity index (χ0) is 12.6. The fraction of sp³-hybridized carbons (Fsp3) is 0.545. The second kappa shape index (κ2) is 4.48. The van der Waals surface area contributed by atoms with Crippen molar-refractivity contribution in [3.8, 4) is 0 Å². The van der Waals surface area contributed by atoms with Crippen molar-refractivity contribution in [3.63, 3.8) is 0 Å². The number of carbonyl (C=O) groups is 1. The molecule has 0 radical (unpaired) electrons. The molecule has 0 aromatic heterocycles. The van der Waals surface area contributed by atoms with Gasteiger partial charge in [-0.3, -0.25) is 9.69 Å². The normalized spacial score (nSPS) is 33.3. The molecule has 0 saturated carbocycles. The Morgan fingerprint density at radius 2 is 2.18 bits per heavy atom. The van der Waals surface area contributed by atoms with E-state index in [1.165, 1.54) is 16.8 Å². The van der Waals surface area contributed by atoms with E-state index in [0.717, 1.165) is 0 Å². The zero-order valence-corrected chi connectivity index (χ0v) is 9.78. The molecule has 0 bridgehead atoms. The predicted octanol–water partition coefficient (Wildman–Crippen LogP) is -0.787. The van der Waals surface area contributed by atoms with Crippen molar-refractivity contribution in [2.75, 3.05) is 13.7 Å². The van der Waals surface area contributed by atoms with Gasteiger partial charge in [0.1, 0.15) is 6.10 Å². The summed E-state index contributed by atoms with van der Waals surface area (Å²) in [5.41, 5.74) is 0.530. The molecule has 0 aromatic rings. The maximum atomic E-state index is 11.6. The highest BCUT2D eigenvalue weighted by atomic mass is 16.5. The summed E-state index contributed by atoms with van der Waals surface area (Å²) in [5, 5.41) is 18.9. The van der Waals surface area contributed by atoms with Crippen LogP contribution in [-0.2, 0) is 9.53 Å². The van der Waals surface area contributed by atoms with Crippen LogP contribution < -0.4 is 0 Å². The number of ether oxygens (including phenoxy) is 1. The summed E-state index contributed by atoms with van der Waals surface area (Å²) in [6.07, 6.45) is 3.17. The van der Waals surface area contributed by atoms with Crippen LogP contribution in [0.25, 0.3) is 0 Å². The first-order valence-corrected chi connectivity index (χ1v) is 5.40. The fourth-order valence-electron chi connectivity index (χ4n) is 1.90. The van der Waals surface area contributed by atoms with Gasteiger partial charge in [0.05, 0.1) is 6.61 Å². The third-order valence-corrected chi connectivity index (χ3v) is 2.89. The van der Waals surface area contributed by atoms with Gasteiger partial charge in [-0.1, -0.05) is 6.08 Å². The molecule has 1 unspecified atom stereocenters. The monoisotopic (exact) mass is 240 g/mol. The summed E-state index contributed by atoms with van der Waals surface area (Å²) in [6, 6.07) is 0. The van der Waals surface area contributed by atoms with Gasteiger partial charge in [-0.15, -0.1) is 0 Å². The molecule has 2 rings (SSSR count). The van der Waals surface area contributed by atoms with Crippen LogP contribution in [0.15, 0.2) is 23.9 Å². The molecule has 0 aromatic carbocycles. The predicted molar refractivity (Wildman–Crippen MR) is 59.3 cm³/mol. The van der Waals surface area contributed by atoms with E-state index in [9.17, 15) is 9.90 Å². The number of hydrogen-bond donors (Lipinski definition) is 2. The lowest BCUT2D eigenvalue weighted by Crippen LogP contribution is -2.54. The molecule has 17 heavy (non-hydrogen) atoms. The van der Waals surface area contributed by atoms with E-state index in [0.29, 0.717) is 5.57 Å². The minimum atomic E-state index is -1.06. The zero-order valence-electron chi connectivity index (χ0n) is 9.78. The molecule has 94 valence electrons. The van der Waals surface area contributed by atoms with E-state index in [-0.39, 0.29) is 18.6 Å². The van der Waals surface area contributed by atoms with E-state index in [4.69, 9.17) is 9.84 Å². The van der Waals surface area contributed by atoms with Crippen LogP contribution in [-0.4, -0.2) is 58.3 Å². The van der Waals surface area contributed by atoms with Gasteiger partial charge in [-0.25, -0.2) is 0 Å². The van der Waals surface area contributed by atoms with Gasteiger partial charge >= 0.3 is 0 Å². The van der Waals surface area contributed by atoms with Crippen molar-refractivity contribution in [1.29, 1.82) is 0 Å². The Bertz CT molecular complexity index is 380. The molecule has 2 aliphatic heterocycles. The highest BCUT2D eigenvalue weighted by molar-refractivity contribution is 5.93. The number of hydrogen-bond acceptors (Lipinski definition) is 5. The van der Waals surface area contributed by atoms with Crippen LogP contribution in [0.3, 0.4) is 0 Å². The molecule has 0 spiro atoms. The smallest absolute Gasteiger partial charge is 0.254 e. The van der Waals surface area contributed by atoms with E-state index < -0.39 is 12.6 Å². The first-order chi connectivity index (χ1) is 8.04. The molecule has 0 fully saturated rings. The number of aliphatic hydroxyl groups is 2. The molecule has 0 aliphatic carbocycles. The molecular weight excluding hydrogens is 224 g/mol. The lowest BCUT2D eigenvalue weighted by Gasteiger charge is -2.40. The Balaban J connectivity index is 2.17. The number of aliphatic hydroxyl groups excluding tert-OH is 2. The maximum Gasteiger partial charge on any atom is 0.254 e. The summed E-state index contributed by atoms with van der Waals surface area (Å²) in [7, 11) is 1.53. The fourth-order valence-corrected chi connectivity index (χ4v) is 1.90. The van der Waals surface area contributed by atoms with E-state index in [2.05, 4.69) is 0 Å². The summed E-state index contributed by atoms with van der Waals surface area (Å²) in [6.45, 7) is 1.58. The average Bonchev–Trinajstić information content (AvgIpc) is 2.79. The number of rotatable bonds is 2. The average molecular weight is 240 g/mol. The largest absolute Gasteiger partial charge is 0.393 e. The molecule has 6 nitrogen and oxygen atoms in total. The molecular formula is C11H16N2O4. The first kappa shape index (κ1) is 12.1. The van der Waals surface area contributed by atoms with Gasteiger partial charge in [-0.2, -0.15) is 0 Å². The quantitative estimate of drug-likeness (QED) is 0.619. The van der Waals surface area contributed by atoms with E-state index in [1.54, 1.807) is 25.3 Å². The first-order valence-electron chi connectivity index (χ1n) is 5.40. The highest BCUT2D eigenvalue weighted by Gasteiger charge is 2.34. The van der Waals surface area contributed by atoms with Crippen molar-refractivity contribution in [3.05, 3.63) is 23.9 Å². The minimum absolute atomic E-state index is 0.103. The number of likely N-dealkylation sites (N-methyl/N-ethyl adjacent to an activating group) is 1. The van der Waals surface area contributed by atoms with Crippen LogP contribution in [0.5, 0.6) is 0 Å². The topological polar surface area (TPSA) is 73.2 Å². The van der Waals surface area contributed by atoms with Crippen molar-refractivity contribution in [2.24, 2.45) is 0 Å². The number of amides is 1. The Morgan fingerprint density at radius 1 is 1.47 bits per heavy atom. The Kier molecular flexibility index (Phi) is 3.19. The summed E-state index contributed by atoms with van der Waals surface area (Å²) >= 11 is 0. The molecule has 2 heterocycles. The van der Waals surface area contributed by atoms with Gasteiger partial charge < -0.3 is 19.8 Å². The van der Waals surface area contributed by atoms with Crippen LogP contribution in [0.4, 0.5) is 0 Å². The lowest BCUT2D eigenvalue weighted by atomic mass is 10.2. The number of nitrogens with zero attached hydrogens (tertiary/aromatic N) is 2. The molecule has 6 heteroatoms. The van der Waals surface area contributed by atoms with Gasteiger partial charge in [-0.05, 0) is 13.0 Å². The Labute approximate surface area is 99.4 Å². The maximum absolute atomic E-state index is 11.6. The lowest BCUT2D eigenvalue weighted by molar-refractivity contribution is -0.171. The Morgan fingerprint density at radius 3 is 2.76 bits per heavy atom. The van der Waals surface area contributed by atoms with Crippen LogP contribution in [0.2, 0.25) is 0 Å². The van der Waals surface area contributed by atoms with Gasteiger partial charge in [0.25, 0.3) is 5.91 Å². The summed E-state index contributed by atoms with van der Waals surface area (Å²) in [4.78, 5) is 14.4. The van der Waals surface area contributed by atoms with Gasteiger partial charge in [0, 0.05) is 18.8 Å². The Hall–Kier alpha value is -1.37. The van der Waals surface area contributed by atoms with Crippen LogP contribution in [0.1, 0.15) is 6.92 Å². The van der Waals surface area contributed by atoms with E-state index >= 15 is 0 Å². The van der Waals surface area contributed by atoms with Crippen LogP contribution >= 0.6 is 0 Å². The minimum Gasteiger partial charge on any atom is -0.393 e. The van der Waals surface area contributed by atoms with Crippen molar-refractivity contribution in [2.45, 2.75) is 25.6 Å².